The third-order valence-corrected chi connectivity index (χ3v) is 5.20. The molecule has 0 fully saturated rings. The molecule has 1 unspecified atom stereocenters. The summed E-state index contributed by atoms with van der Waals surface area (Å²) in [7, 11) is 0. The van der Waals surface area contributed by atoms with E-state index in [0.717, 1.165) is 5.56 Å². The molecule has 32 heavy (non-hydrogen) atoms. The number of amides is 2. The predicted molar refractivity (Wildman–Crippen MR) is 123 cm³/mol. The lowest BCUT2D eigenvalue weighted by Crippen LogP contribution is -2.44. The number of rotatable bonds is 5. The standard InChI is InChI=1S/C25H20ClFN2O3/c1-16-25(31)29(15-18-3-2-4-19(26)13-18)22-14-21(10-11-23(22)32-16)28-24(30)12-7-17-5-8-20(27)9-6-17/h2-14,16H,15H2,1H3,(H,28,30)/b12-7+. The molecule has 3 aromatic rings. The highest BCUT2D eigenvalue weighted by Gasteiger charge is 2.31. The summed E-state index contributed by atoms with van der Waals surface area (Å²) in [6.45, 7) is 2.02. The van der Waals surface area contributed by atoms with Gasteiger partial charge in [-0.1, -0.05) is 35.9 Å². The molecule has 3 aromatic carbocycles. The summed E-state index contributed by atoms with van der Waals surface area (Å²) >= 11 is 6.09. The molecule has 0 spiro atoms. The average molecular weight is 451 g/mol. The van der Waals surface area contributed by atoms with Gasteiger partial charge in [-0.15, -0.1) is 0 Å². The number of ether oxygens (including phenoxy) is 1. The van der Waals surface area contributed by atoms with Gasteiger partial charge in [0.15, 0.2) is 6.10 Å². The maximum Gasteiger partial charge on any atom is 0.268 e. The highest BCUT2D eigenvalue weighted by Crippen LogP contribution is 2.37. The Balaban J connectivity index is 1.55. The first-order valence-corrected chi connectivity index (χ1v) is 10.4. The molecule has 1 N–H and O–H groups in total. The molecule has 0 radical (unpaired) electrons. The number of fused-ring (bicyclic) bond motifs is 1. The van der Waals surface area contributed by atoms with Crippen molar-refractivity contribution in [3.8, 4) is 5.75 Å². The number of hydrogen-bond acceptors (Lipinski definition) is 3. The Morgan fingerprint density at radius 2 is 1.94 bits per heavy atom. The van der Waals surface area contributed by atoms with E-state index in [4.69, 9.17) is 16.3 Å². The van der Waals surface area contributed by atoms with E-state index < -0.39 is 6.10 Å². The van der Waals surface area contributed by atoms with Gasteiger partial charge in [-0.3, -0.25) is 9.59 Å². The van der Waals surface area contributed by atoms with Crippen LogP contribution in [0.15, 0.2) is 72.8 Å². The number of anilines is 2. The first-order valence-electron chi connectivity index (χ1n) is 10.0. The zero-order valence-electron chi connectivity index (χ0n) is 17.2. The van der Waals surface area contributed by atoms with Crippen molar-refractivity contribution in [1.82, 2.24) is 0 Å². The summed E-state index contributed by atoms with van der Waals surface area (Å²) in [6.07, 6.45) is 2.33. The van der Waals surface area contributed by atoms with Crippen LogP contribution in [0.1, 0.15) is 18.1 Å². The van der Waals surface area contributed by atoms with Crippen molar-refractivity contribution in [2.75, 3.05) is 10.2 Å². The molecule has 4 rings (SSSR count). The molecule has 7 heteroatoms. The topological polar surface area (TPSA) is 58.6 Å². The van der Waals surface area contributed by atoms with Crippen molar-refractivity contribution < 1.29 is 18.7 Å². The molecule has 2 amide bonds. The smallest absolute Gasteiger partial charge is 0.268 e. The van der Waals surface area contributed by atoms with E-state index in [9.17, 15) is 14.0 Å². The van der Waals surface area contributed by atoms with Crippen molar-refractivity contribution >= 4 is 40.9 Å². The molecular weight excluding hydrogens is 431 g/mol. The first kappa shape index (κ1) is 21.6. The summed E-state index contributed by atoms with van der Waals surface area (Å²) in [6, 6.07) is 18.3. The van der Waals surface area contributed by atoms with Crippen molar-refractivity contribution in [1.29, 1.82) is 0 Å². The quantitative estimate of drug-likeness (QED) is 0.526. The summed E-state index contributed by atoms with van der Waals surface area (Å²) in [4.78, 5) is 26.8. The van der Waals surface area contributed by atoms with E-state index in [1.54, 1.807) is 60.4 Å². The summed E-state index contributed by atoms with van der Waals surface area (Å²) < 4.78 is 18.7. The maximum absolute atomic E-state index is 13.0. The second-order valence-electron chi connectivity index (χ2n) is 7.37. The lowest BCUT2D eigenvalue weighted by Gasteiger charge is -2.33. The van der Waals surface area contributed by atoms with Crippen LogP contribution in [-0.4, -0.2) is 17.9 Å². The van der Waals surface area contributed by atoms with Crippen LogP contribution in [0.3, 0.4) is 0 Å². The second-order valence-corrected chi connectivity index (χ2v) is 7.81. The molecule has 162 valence electrons. The fourth-order valence-electron chi connectivity index (χ4n) is 3.40. The zero-order chi connectivity index (χ0) is 22.7. The molecule has 1 atom stereocenters. The van der Waals surface area contributed by atoms with E-state index in [1.165, 1.54) is 18.2 Å². The average Bonchev–Trinajstić information content (AvgIpc) is 2.77. The Kier molecular flexibility index (Phi) is 6.23. The molecule has 5 nitrogen and oxygen atoms in total. The van der Waals surface area contributed by atoms with Crippen LogP contribution in [0.2, 0.25) is 5.02 Å². The first-order chi connectivity index (χ1) is 15.4. The Labute approximate surface area is 190 Å². The van der Waals surface area contributed by atoms with E-state index in [0.29, 0.717) is 34.3 Å². The van der Waals surface area contributed by atoms with Gasteiger partial charge in [0.1, 0.15) is 11.6 Å². The molecule has 1 aliphatic rings. The van der Waals surface area contributed by atoms with E-state index >= 15 is 0 Å². The number of carbonyl (C=O) groups is 2. The molecule has 0 saturated heterocycles. The van der Waals surface area contributed by atoms with Crippen molar-refractivity contribution in [3.63, 3.8) is 0 Å². The SMILES string of the molecule is CC1Oc2ccc(NC(=O)/C=C/c3ccc(F)cc3)cc2N(Cc2cccc(Cl)c2)C1=O. The number of halogens is 2. The third kappa shape index (κ3) is 4.98. The largest absolute Gasteiger partial charge is 0.479 e. The monoisotopic (exact) mass is 450 g/mol. The van der Waals surface area contributed by atoms with Gasteiger partial charge in [0.2, 0.25) is 5.91 Å². The Morgan fingerprint density at radius 1 is 1.16 bits per heavy atom. The van der Waals surface area contributed by atoms with Crippen LogP contribution >= 0.6 is 11.6 Å². The number of hydrogen-bond donors (Lipinski definition) is 1. The van der Waals surface area contributed by atoms with Crippen LogP contribution in [0, 0.1) is 5.82 Å². The molecule has 1 aliphatic heterocycles. The van der Waals surface area contributed by atoms with Crippen LogP contribution in [0.25, 0.3) is 6.08 Å². The minimum absolute atomic E-state index is 0.183. The molecule has 1 heterocycles. The molecule has 0 aliphatic carbocycles. The zero-order valence-corrected chi connectivity index (χ0v) is 18.0. The molecule has 0 bridgehead atoms. The number of benzene rings is 3. The summed E-state index contributed by atoms with van der Waals surface area (Å²) in [5, 5.41) is 3.37. The fraction of sp³-hybridized carbons (Fsp3) is 0.120. The molecule has 0 saturated carbocycles. The Morgan fingerprint density at radius 3 is 2.69 bits per heavy atom. The highest BCUT2D eigenvalue weighted by atomic mass is 35.5. The van der Waals surface area contributed by atoms with Gasteiger partial charge in [0.05, 0.1) is 12.2 Å². The second kappa shape index (κ2) is 9.24. The van der Waals surface area contributed by atoms with Crippen LogP contribution in [0.4, 0.5) is 15.8 Å². The van der Waals surface area contributed by atoms with Crippen molar-refractivity contribution in [3.05, 3.63) is 94.8 Å². The van der Waals surface area contributed by atoms with Crippen molar-refractivity contribution in [2.45, 2.75) is 19.6 Å². The summed E-state index contributed by atoms with van der Waals surface area (Å²) in [5.41, 5.74) is 2.66. The van der Waals surface area contributed by atoms with Crippen LogP contribution in [-0.2, 0) is 16.1 Å². The minimum atomic E-state index is -0.624. The van der Waals surface area contributed by atoms with Gasteiger partial charge in [-0.25, -0.2) is 4.39 Å². The predicted octanol–water partition coefficient (Wildman–Crippen LogP) is 5.45. The van der Waals surface area contributed by atoms with Gasteiger partial charge in [0.25, 0.3) is 5.91 Å². The van der Waals surface area contributed by atoms with Crippen LogP contribution in [0.5, 0.6) is 5.75 Å². The highest BCUT2D eigenvalue weighted by molar-refractivity contribution is 6.30. The molecular formula is C25H20ClFN2O3. The number of carbonyl (C=O) groups excluding carboxylic acids is 2. The molecule has 0 aromatic heterocycles. The maximum atomic E-state index is 13.0. The van der Waals surface area contributed by atoms with Gasteiger partial charge >= 0.3 is 0 Å². The van der Waals surface area contributed by atoms with Crippen molar-refractivity contribution in [2.24, 2.45) is 0 Å². The van der Waals surface area contributed by atoms with Gasteiger partial charge in [-0.05, 0) is 66.6 Å². The number of nitrogens with one attached hydrogen (secondary N) is 1. The lowest BCUT2D eigenvalue weighted by molar-refractivity contribution is -0.125. The summed E-state index contributed by atoms with van der Waals surface area (Å²) in [5.74, 6) is -0.322. The minimum Gasteiger partial charge on any atom is -0.479 e. The van der Waals surface area contributed by atoms with Gasteiger partial charge < -0.3 is 15.0 Å². The van der Waals surface area contributed by atoms with Gasteiger partial charge in [0, 0.05) is 16.8 Å². The fourth-order valence-corrected chi connectivity index (χ4v) is 3.61. The van der Waals surface area contributed by atoms with E-state index in [2.05, 4.69) is 5.32 Å². The third-order valence-electron chi connectivity index (χ3n) is 4.96. The van der Waals surface area contributed by atoms with E-state index in [-0.39, 0.29) is 17.6 Å². The van der Waals surface area contributed by atoms with Crippen LogP contribution < -0.4 is 15.0 Å². The van der Waals surface area contributed by atoms with Gasteiger partial charge in [-0.2, -0.15) is 0 Å². The number of nitrogens with zero attached hydrogens (tertiary/aromatic N) is 1. The Hall–Kier alpha value is -3.64. The van der Waals surface area contributed by atoms with E-state index in [1.807, 2.05) is 12.1 Å². The Bertz CT molecular complexity index is 1190. The normalized spacial score (nSPS) is 15.4. The lowest BCUT2D eigenvalue weighted by atomic mass is 10.1.